The van der Waals surface area contributed by atoms with Crippen LogP contribution in [0.25, 0.3) is 0 Å². The molecular formula is C12H14BrNO3. The zero-order valence-electron chi connectivity index (χ0n) is 9.71. The third kappa shape index (κ3) is 4.19. The molecule has 0 aliphatic heterocycles. The number of carbonyl (C=O) groups is 2. The highest BCUT2D eigenvalue weighted by atomic mass is 79.9. The Morgan fingerprint density at radius 3 is 2.47 bits per heavy atom. The van der Waals surface area contributed by atoms with Crippen LogP contribution >= 0.6 is 15.9 Å². The van der Waals surface area contributed by atoms with Crippen molar-refractivity contribution in [2.45, 2.75) is 26.7 Å². The highest BCUT2D eigenvalue weighted by Gasteiger charge is 2.08. The number of rotatable bonds is 4. The Bertz CT molecular complexity index is 457. The average Bonchev–Trinajstić information content (AvgIpc) is 2.23. The first-order valence-electron chi connectivity index (χ1n) is 5.18. The number of nitrogens with one attached hydrogen (secondary N) is 1. The molecule has 0 bridgehead atoms. The van der Waals surface area contributed by atoms with Crippen LogP contribution < -0.4 is 5.32 Å². The summed E-state index contributed by atoms with van der Waals surface area (Å²) in [5.41, 5.74) is 2.68. The minimum absolute atomic E-state index is 0.0100. The van der Waals surface area contributed by atoms with Crippen molar-refractivity contribution in [3.63, 3.8) is 0 Å². The van der Waals surface area contributed by atoms with Gasteiger partial charge in [-0.05, 0) is 37.1 Å². The molecule has 0 aromatic heterocycles. The van der Waals surface area contributed by atoms with Crippen molar-refractivity contribution in [1.82, 2.24) is 0 Å². The number of hydrogen-bond acceptors (Lipinski definition) is 2. The third-order valence-electron chi connectivity index (χ3n) is 2.35. The van der Waals surface area contributed by atoms with Gasteiger partial charge in [-0.2, -0.15) is 0 Å². The van der Waals surface area contributed by atoms with E-state index in [1.807, 2.05) is 26.0 Å². The second-order valence-corrected chi connectivity index (χ2v) is 4.71. The number of aliphatic carboxylic acids is 1. The van der Waals surface area contributed by atoms with Crippen molar-refractivity contribution in [3.8, 4) is 0 Å². The number of benzene rings is 1. The fourth-order valence-corrected chi connectivity index (χ4v) is 1.81. The number of carboxylic acids is 1. The Hall–Kier alpha value is -1.36. The summed E-state index contributed by atoms with van der Waals surface area (Å²) in [5, 5.41) is 11.2. The normalized spacial score (nSPS) is 10.1. The van der Waals surface area contributed by atoms with Gasteiger partial charge in [-0.15, -0.1) is 0 Å². The summed E-state index contributed by atoms with van der Waals surface area (Å²) in [5.74, 6) is -1.25. The van der Waals surface area contributed by atoms with Crippen LogP contribution in [0.1, 0.15) is 24.0 Å². The van der Waals surface area contributed by atoms with Crippen molar-refractivity contribution < 1.29 is 14.7 Å². The Morgan fingerprint density at radius 2 is 1.88 bits per heavy atom. The number of aryl methyl sites for hydroxylation is 2. The quantitative estimate of drug-likeness (QED) is 0.898. The molecule has 92 valence electrons. The number of carboxylic acid groups (broad SMARTS) is 1. The molecule has 1 rings (SSSR count). The van der Waals surface area contributed by atoms with Crippen molar-refractivity contribution in [1.29, 1.82) is 0 Å². The molecule has 0 heterocycles. The summed E-state index contributed by atoms with van der Waals surface area (Å²) < 4.78 is 0.985. The lowest BCUT2D eigenvalue weighted by Crippen LogP contribution is -2.14. The highest BCUT2D eigenvalue weighted by Crippen LogP contribution is 2.24. The van der Waals surface area contributed by atoms with Crippen LogP contribution in [0.2, 0.25) is 0 Å². The molecule has 1 amide bonds. The van der Waals surface area contributed by atoms with E-state index in [2.05, 4.69) is 21.2 Å². The van der Waals surface area contributed by atoms with Crippen LogP contribution in [-0.4, -0.2) is 17.0 Å². The van der Waals surface area contributed by atoms with Gasteiger partial charge >= 0.3 is 5.97 Å². The van der Waals surface area contributed by atoms with Crippen LogP contribution in [0.5, 0.6) is 0 Å². The number of amides is 1. The zero-order valence-corrected chi connectivity index (χ0v) is 11.3. The van der Waals surface area contributed by atoms with Crippen molar-refractivity contribution >= 4 is 33.5 Å². The Balaban J connectivity index is 2.71. The number of anilines is 1. The third-order valence-corrected chi connectivity index (χ3v) is 3.20. The van der Waals surface area contributed by atoms with E-state index in [-0.39, 0.29) is 18.7 Å². The topological polar surface area (TPSA) is 66.4 Å². The molecular weight excluding hydrogens is 286 g/mol. The standard InChI is InChI=1S/C12H14BrNO3/c1-7-6-10(8(2)5-9(7)13)14-11(15)3-4-12(16)17/h5-6H,3-4H2,1-2H3,(H,14,15)(H,16,17). The van der Waals surface area contributed by atoms with Gasteiger partial charge in [0.1, 0.15) is 0 Å². The molecule has 4 nitrogen and oxygen atoms in total. The van der Waals surface area contributed by atoms with Crippen LogP contribution in [0.4, 0.5) is 5.69 Å². The van der Waals surface area contributed by atoms with E-state index in [0.29, 0.717) is 0 Å². The van der Waals surface area contributed by atoms with Gasteiger partial charge in [0.25, 0.3) is 0 Å². The van der Waals surface area contributed by atoms with Gasteiger partial charge in [0.05, 0.1) is 6.42 Å². The Labute approximate surface area is 108 Å². The minimum atomic E-state index is -0.969. The van der Waals surface area contributed by atoms with Crippen molar-refractivity contribution in [3.05, 3.63) is 27.7 Å². The number of halogens is 1. The fraction of sp³-hybridized carbons (Fsp3) is 0.333. The summed E-state index contributed by atoms with van der Waals surface area (Å²) in [6, 6.07) is 3.78. The summed E-state index contributed by atoms with van der Waals surface area (Å²) in [6.45, 7) is 3.81. The van der Waals surface area contributed by atoms with Gasteiger partial charge in [0.2, 0.25) is 5.91 Å². The van der Waals surface area contributed by atoms with E-state index in [4.69, 9.17) is 5.11 Å². The molecule has 17 heavy (non-hydrogen) atoms. The maximum atomic E-state index is 11.5. The molecule has 0 atom stereocenters. The lowest BCUT2D eigenvalue weighted by atomic mass is 10.1. The SMILES string of the molecule is Cc1cc(NC(=O)CCC(=O)O)c(C)cc1Br. The van der Waals surface area contributed by atoms with Crippen molar-refractivity contribution in [2.75, 3.05) is 5.32 Å². The van der Waals surface area contributed by atoms with Crippen LogP contribution in [0.15, 0.2) is 16.6 Å². The fourth-order valence-electron chi connectivity index (χ4n) is 1.35. The smallest absolute Gasteiger partial charge is 0.303 e. The minimum Gasteiger partial charge on any atom is -0.481 e. The average molecular weight is 300 g/mol. The highest BCUT2D eigenvalue weighted by molar-refractivity contribution is 9.10. The molecule has 0 aliphatic rings. The molecule has 1 aromatic rings. The van der Waals surface area contributed by atoms with E-state index < -0.39 is 5.97 Å². The van der Waals surface area contributed by atoms with Crippen molar-refractivity contribution in [2.24, 2.45) is 0 Å². The van der Waals surface area contributed by atoms with Crippen LogP contribution in [0, 0.1) is 13.8 Å². The number of carbonyl (C=O) groups excluding carboxylic acids is 1. The molecule has 2 N–H and O–H groups in total. The molecule has 5 heteroatoms. The second-order valence-electron chi connectivity index (χ2n) is 3.86. The molecule has 0 fully saturated rings. The van der Waals surface area contributed by atoms with Gasteiger partial charge in [-0.25, -0.2) is 0 Å². The monoisotopic (exact) mass is 299 g/mol. The lowest BCUT2D eigenvalue weighted by molar-refractivity contribution is -0.138. The van der Waals surface area contributed by atoms with Gasteiger partial charge in [0.15, 0.2) is 0 Å². The van der Waals surface area contributed by atoms with E-state index in [1.54, 1.807) is 0 Å². The second kappa shape index (κ2) is 5.82. The molecule has 0 saturated carbocycles. The summed E-state index contributed by atoms with van der Waals surface area (Å²) in [6.07, 6.45) is -0.162. The molecule has 0 unspecified atom stereocenters. The first kappa shape index (κ1) is 13.7. The van der Waals surface area contributed by atoms with Gasteiger partial charge in [-0.1, -0.05) is 15.9 Å². The lowest BCUT2D eigenvalue weighted by Gasteiger charge is -2.10. The molecule has 0 aliphatic carbocycles. The predicted octanol–water partition coefficient (Wildman–Crippen LogP) is 2.87. The summed E-state index contributed by atoms with van der Waals surface area (Å²) in [4.78, 5) is 21.8. The Kier molecular flexibility index (Phi) is 4.69. The molecule has 0 spiro atoms. The summed E-state index contributed by atoms with van der Waals surface area (Å²) in [7, 11) is 0. The van der Waals surface area contributed by atoms with E-state index >= 15 is 0 Å². The van der Waals surface area contributed by atoms with Gasteiger partial charge < -0.3 is 10.4 Å². The summed E-state index contributed by atoms with van der Waals surface area (Å²) >= 11 is 3.41. The van der Waals surface area contributed by atoms with Crippen LogP contribution in [0.3, 0.4) is 0 Å². The predicted molar refractivity (Wildman–Crippen MR) is 69.1 cm³/mol. The number of hydrogen-bond donors (Lipinski definition) is 2. The molecule has 0 radical (unpaired) electrons. The first-order valence-corrected chi connectivity index (χ1v) is 5.98. The maximum absolute atomic E-state index is 11.5. The van der Waals surface area contributed by atoms with E-state index in [1.165, 1.54) is 0 Å². The van der Waals surface area contributed by atoms with Gasteiger partial charge in [0, 0.05) is 16.6 Å². The van der Waals surface area contributed by atoms with E-state index in [9.17, 15) is 9.59 Å². The largest absolute Gasteiger partial charge is 0.481 e. The van der Waals surface area contributed by atoms with E-state index in [0.717, 1.165) is 21.3 Å². The maximum Gasteiger partial charge on any atom is 0.303 e. The molecule has 0 saturated heterocycles. The van der Waals surface area contributed by atoms with Crippen LogP contribution in [-0.2, 0) is 9.59 Å². The first-order chi connectivity index (χ1) is 7.90. The molecule has 1 aromatic carbocycles. The zero-order chi connectivity index (χ0) is 13.0. The van der Waals surface area contributed by atoms with Gasteiger partial charge in [-0.3, -0.25) is 9.59 Å². The Morgan fingerprint density at radius 1 is 1.24 bits per heavy atom.